The molecule has 0 amide bonds. The van der Waals surface area contributed by atoms with Crippen molar-refractivity contribution in [2.24, 2.45) is 0 Å². The fourth-order valence-corrected chi connectivity index (χ4v) is 3.29. The van der Waals surface area contributed by atoms with E-state index in [0.29, 0.717) is 17.9 Å². The summed E-state index contributed by atoms with van der Waals surface area (Å²) in [4.78, 5) is 0. The van der Waals surface area contributed by atoms with Gasteiger partial charge in [-0.2, -0.15) is 0 Å². The van der Waals surface area contributed by atoms with Gasteiger partial charge in [0, 0.05) is 6.54 Å². The Hall–Kier alpha value is -1.83. The molecule has 2 rings (SSSR count). The molecule has 0 aliphatic heterocycles. The molecule has 0 bridgehead atoms. The number of tetrazole rings is 1. The summed E-state index contributed by atoms with van der Waals surface area (Å²) in [7, 11) is -3.40. The molecule has 1 heterocycles. The maximum atomic E-state index is 12.8. The average Bonchev–Trinajstić information content (AvgIpc) is 2.85. The molecule has 8 heteroatoms. The molecule has 0 aliphatic rings. The van der Waals surface area contributed by atoms with Crippen LogP contribution in [0.1, 0.15) is 31.2 Å². The summed E-state index contributed by atoms with van der Waals surface area (Å²) in [6, 6.07) is 5.42. The lowest BCUT2D eigenvalue weighted by Crippen LogP contribution is -2.13. The first-order chi connectivity index (χ1) is 10.00. The molecule has 1 aromatic carbocycles. The van der Waals surface area contributed by atoms with E-state index in [-0.39, 0.29) is 17.3 Å². The summed E-state index contributed by atoms with van der Waals surface area (Å²) in [6.45, 7) is 2.64. The van der Waals surface area contributed by atoms with E-state index in [0.717, 1.165) is 12.8 Å². The Morgan fingerprint density at radius 1 is 1.19 bits per heavy atom. The quantitative estimate of drug-likeness (QED) is 0.778. The van der Waals surface area contributed by atoms with E-state index in [2.05, 4.69) is 15.5 Å². The Morgan fingerprint density at radius 3 is 2.57 bits per heavy atom. The summed E-state index contributed by atoms with van der Waals surface area (Å²) in [5.41, 5.74) is 0.545. The van der Waals surface area contributed by atoms with Crippen molar-refractivity contribution in [3.63, 3.8) is 0 Å². The molecule has 0 atom stereocenters. The number of hydrogen-bond acceptors (Lipinski definition) is 5. The van der Waals surface area contributed by atoms with Crippen LogP contribution in [0.4, 0.5) is 4.39 Å². The number of hydrogen-bond donors (Lipinski definition) is 0. The van der Waals surface area contributed by atoms with Gasteiger partial charge in [-0.25, -0.2) is 17.5 Å². The molecule has 0 saturated carbocycles. The Morgan fingerprint density at radius 2 is 1.90 bits per heavy atom. The second-order valence-electron chi connectivity index (χ2n) is 4.83. The second-order valence-corrected chi connectivity index (χ2v) is 6.90. The largest absolute Gasteiger partial charge is 0.229 e. The van der Waals surface area contributed by atoms with Crippen LogP contribution in [0, 0.1) is 5.82 Å². The number of rotatable bonds is 7. The van der Waals surface area contributed by atoms with Gasteiger partial charge in [-0.15, -0.1) is 5.10 Å². The number of benzene rings is 1. The lowest BCUT2D eigenvalue weighted by molar-refractivity contribution is 0.535. The lowest BCUT2D eigenvalue weighted by atomic mass is 10.2. The molecule has 0 unspecified atom stereocenters. The van der Waals surface area contributed by atoms with E-state index < -0.39 is 9.84 Å². The molecule has 2 aromatic rings. The minimum absolute atomic E-state index is 0.159. The van der Waals surface area contributed by atoms with Crippen LogP contribution in [-0.2, 0) is 27.9 Å². The molecule has 0 aliphatic carbocycles. The molecule has 0 radical (unpaired) electrons. The fourth-order valence-electron chi connectivity index (χ4n) is 1.89. The number of aromatic nitrogens is 4. The van der Waals surface area contributed by atoms with Crippen molar-refractivity contribution in [2.45, 2.75) is 37.8 Å². The highest BCUT2D eigenvalue weighted by atomic mass is 32.2. The van der Waals surface area contributed by atoms with Crippen molar-refractivity contribution in [1.82, 2.24) is 20.2 Å². The molecule has 21 heavy (non-hydrogen) atoms. The average molecular weight is 312 g/mol. The Balaban J connectivity index is 2.07. The summed E-state index contributed by atoms with van der Waals surface area (Å²) in [5.74, 6) is -0.431. The summed E-state index contributed by atoms with van der Waals surface area (Å²) >= 11 is 0. The molecule has 0 saturated heterocycles. The summed E-state index contributed by atoms with van der Waals surface area (Å²) in [6.07, 6.45) is 1.86. The van der Waals surface area contributed by atoms with Crippen molar-refractivity contribution in [2.75, 3.05) is 0 Å². The monoisotopic (exact) mass is 312 g/mol. The first-order valence-corrected chi connectivity index (χ1v) is 8.52. The minimum atomic E-state index is -3.40. The second kappa shape index (κ2) is 6.75. The lowest BCUT2D eigenvalue weighted by Gasteiger charge is -2.05. The van der Waals surface area contributed by atoms with Gasteiger partial charge in [0.05, 0.1) is 5.75 Å². The zero-order valence-electron chi connectivity index (χ0n) is 11.7. The predicted octanol–water partition coefficient (Wildman–Crippen LogP) is 1.73. The van der Waals surface area contributed by atoms with Crippen LogP contribution >= 0.6 is 0 Å². The van der Waals surface area contributed by atoms with Gasteiger partial charge in [-0.05, 0) is 34.5 Å². The van der Waals surface area contributed by atoms with Crippen LogP contribution in [0.5, 0.6) is 0 Å². The van der Waals surface area contributed by atoms with Crippen molar-refractivity contribution in [3.05, 3.63) is 41.5 Å². The van der Waals surface area contributed by atoms with Gasteiger partial charge in [-0.3, -0.25) is 0 Å². The normalized spacial score (nSPS) is 11.7. The SMILES string of the molecule is CCCCn1nnnc1CS(=O)(=O)Cc1ccc(F)cc1. The van der Waals surface area contributed by atoms with Crippen molar-refractivity contribution in [3.8, 4) is 0 Å². The highest BCUT2D eigenvalue weighted by molar-refractivity contribution is 7.89. The van der Waals surface area contributed by atoms with Crippen LogP contribution in [0.2, 0.25) is 0 Å². The number of sulfone groups is 1. The van der Waals surface area contributed by atoms with E-state index in [4.69, 9.17) is 0 Å². The Kier molecular flexibility index (Phi) is 5.00. The minimum Gasteiger partial charge on any atom is -0.229 e. The van der Waals surface area contributed by atoms with Crippen LogP contribution < -0.4 is 0 Å². The van der Waals surface area contributed by atoms with Gasteiger partial charge >= 0.3 is 0 Å². The summed E-state index contributed by atoms with van der Waals surface area (Å²) < 4.78 is 38.7. The molecule has 0 spiro atoms. The number of halogens is 1. The third-order valence-electron chi connectivity index (χ3n) is 2.98. The molecule has 0 N–H and O–H groups in total. The number of nitrogens with zero attached hydrogens (tertiary/aromatic N) is 4. The van der Waals surface area contributed by atoms with Gasteiger partial charge in [0.2, 0.25) is 0 Å². The van der Waals surface area contributed by atoms with E-state index in [1.165, 1.54) is 28.9 Å². The standard InChI is InChI=1S/C13H17FN4O2S/c1-2-3-8-18-13(15-16-17-18)10-21(19,20)9-11-4-6-12(14)7-5-11/h4-7H,2-3,8-10H2,1H3. The smallest absolute Gasteiger partial charge is 0.166 e. The number of aryl methyl sites for hydroxylation is 1. The molecule has 0 fully saturated rings. The van der Waals surface area contributed by atoms with Gasteiger partial charge in [0.1, 0.15) is 11.6 Å². The van der Waals surface area contributed by atoms with Crippen LogP contribution in [0.25, 0.3) is 0 Å². The van der Waals surface area contributed by atoms with Crippen molar-refractivity contribution >= 4 is 9.84 Å². The molecule has 114 valence electrons. The highest BCUT2D eigenvalue weighted by Gasteiger charge is 2.18. The highest BCUT2D eigenvalue weighted by Crippen LogP contribution is 2.12. The predicted molar refractivity (Wildman–Crippen MR) is 75.5 cm³/mol. The van der Waals surface area contributed by atoms with E-state index in [1.54, 1.807) is 0 Å². The topological polar surface area (TPSA) is 77.7 Å². The van der Waals surface area contributed by atoms with E-state index >= 15 is 0 Å². The zero-order valence-corrected chi connectivity index (χ0v) is 12.6. The first-order valence-electron chi connectivity index (χ1n) is 6.70. The van der Waals surface area contributed by atoms with E-state index in [1.807, 2.05) is 6.92 Å². The first kappa shape index (κ1) is 15.6. The molecule has 1 aromatic heterocycles. The van der Waals surface area contributed by atoms with Gasteiger partial charge in [0.25, 0.3) is 0 Å². The van der Waals surface area contributed by atoms with Gasteiger partial charge < -0.3 is 0 Å². The van der Waals surface area contributed by atoms with E-state index in [9.17, 15) is 12.8 Å². The van der Waals surface area contributed by atoms with Crippen LogP contribution in [0.15, 0.2) is 24.3 Å². The maximum absolute atomic E-state index is 12.8. The molecular weight excluding hydrogens is 295 g/mol. The Bertz CT molecular complexity index is 682. The fraction of sp³-hybridized carbons (Fsp3) is 0.462. The molecule has 6 nitrogen and oxygen atoms in total. The van der Waals surface area contributed by atoms with Gasteiger partial charge in [0.15, 0.2) is 15.7 Å². The zero-order chi connectivity index (χ0) is 15.3. The van der Waals surface area contributed by atoms with Crippen LogP contribution in [0.3, 0.4) is 0 Å². The third-order valence-corrected chi connectivity index (χ3v) is 4.45. The van der Waals surface area contributed by atoms with Gasteiger partial charge in [-0.1, -0.05) is 25.5 Å². The van der Waals surface area contributed by atoms with Crippen molar-refractivity contribution in [1.29, 1.82) is 0 Å². The van der Waals surface area contributed by atoms with Crippen molar-refractivity contribution < 1.29 is 12.8 Å². The third kappa shape index (κ3) is 4.59. The Labute approximate surface area is 122 Å². The maximum Gasteiger partial charge on any atom is 0.166 e. The number of unbranched alkanes of at least 4 members (excludes halogenated alkanes) is 1. The summed E-state index contributed by atoms with van der Waals surface area (Å²) in [5, 5.41) is 11.1. The molecular formula is C13H17FN4O2S. The van der Waals surface area contributed by atoms with Crippen LogP contribution in [-0.4, -0.2) is 28.6 Å².